The SMILES string of the molecule is COc1ccc(Oc2ccc(CCCN3CCOCC3)cc2)cc1. The van der Waals surface area contributed by atoms with E-state index in [9.17, 15) is 0 Å². The molecule has 0 unspecified atom stereocenters. The molecule has 0 N–H and O–H groups in total. The van der Waals surface area contributed by atoms with Crippen molar-refractivity contribution in [3.8, 4) is 17.2 Å². The van der Waals surface area contributed by atoms with Crippen LogP contribution in [0.1, 0.15) is 12.0 Å². The van der Waals surface area contributed by atoms with Crippen molar-refractivity contribution in [3.63, 3.8) is 0 Å². The second kappa shape index (κ2) is 8.71. The molecule has 1 fully saturated rings. The van der Waals surface area contributed by atoms with Gasteiger partial charge < -0.3 is 14.2 Å². The smallest absolute Gasteiger partial charge is 0.127 e. The molecule has 128 valence electrons. The molecule has 1 aliphatic rings. The van der Waals surface area contributed by atoms with Gasteiger partial charge in [-0.1, -0.05) is 12.1 Å². The second-order valence-corrected chi connectivity index (χ2v) is 5.98. The number of morpholine rings is 1. The van der Waals surface area contributed by atoms with Gasteiger partial charge >= 0.3 is 0 Å². The summed E-state index contributed by atoms with van der Waals surface area (Å²) < 4.78 is 16.4. The first kappa shape index (κ1) is 16.8. The predicted octanol–water partition coefficient (Wildman–Crippen LogP) is 3.75. The summed E-state index contributed by atoms with van der Waals surface area (Å²) in [5, 5.41) is 0. The summed E-state index contributed by atoms with van der Waals surface area (Å²) in [6.45, 7) is 5.02. The van der Waals surface area contributed by atoms with E-state index >= 15 is 0 Å². The molecule has 0 radical (unpaired) electrons. The van der Waals surface area contributed by atoms with Crippen molar-refractivity contribution in [1.29, 1.82) is 0 Å². The van der Waals surface area contributed by atoms with Crippen LogP contribution in [0.5, 0.6) is 17.2 Å². The van der Waals surface area contributed by atoms with E-state index in [0.29, 0.717) is 0 Å². The lowest BCUT2D eigenvalue weighted by Crippen LogP contribution is -2.36. The molecular weight excluding hydrogens is 302 g/mol. The quantitative estimate of drug-likeness (QED) is 0.775. The molecule has 0 aliphatic carbocycles. The fraction of sp³-hybridized carbons (Fsp3) is 0.400. The van der Waals surface area contributed by atoms with E-state index < -0.39 is 0 Å². The minimum absolute atomic E-state index is 0.816. The Kier molecular flexibility index (Phi) is 6.10. The van der Waals surface area contributed by atoms with Gasteiger partial charge in [-0.2, -0.15) is 0 Å². The van der Waals surface area contributed by atoms with Gasteiger partial charge in [-0.05, 0) is 61.3 Å². The van der Waals surface area contributed by atoms with E-state index in [1.165, 1.54) is 12.0 Å². The van der Waals surface area contributed by atoms with Crippen molar-refractivity contribution >= 4 is 0 Å². The number of hydrogen-bond donors (Lipinski definition) is 0. The van der Waals surface area contributed by atoms with Gasteiger partial charge in [0.1, 0.15) is 17.2 Å². The molecule has 2 aromatic carbocycles. The van der Waals surface area contributed by atoms with Crippen LogP contribution in [0.3, 0.4) is 0 Å². The Balaban J connectivity index is 1.45. The highest BCUT2D eigenvalue weighted by atomic mass is 16.5. The number of ether oxygens (including phenoxy) is 3. The summed E-state index contributed by atoms with van der Waals surface area (Å²) in [6.07, 6.45) is 2.28. The van der Waals surface area contributed by atoms with Crippen LogP contribution in [0.2, 0.25) is 0 Å². The summed E-state index contributed by atoms with van der Waals surface area (Å²) in [7, 11) is 1.66. The van der Waals surface area contributed by atoms with Gasteiger partial charge in [-0.15, -0.1) is 0 Å². The zero-order valence-electron chi connectivity index (χ0n) is 14.2. The Morgan fingerprint density at radius 1 is 0.875 bits per heavy atom. The summed E-state index contributed by atoms with van der Waals surface area (Å²) >= 11 is 0. The lowest BCUT2D eigenvalue weighted by atomic mass is 10.1. The highest BCUT2D eigenvalue weighted by molar-refractivity contribution is 5.36. The third kappa shape index (κ3) is 4.98. The van der Waals surface area contributed by atoms with E-state index in [4.69, 9.17) is 14.2 Å². The van der Waals surface area contributed by atoms with Crippen LogP contribution in [0.15, 0.2) is 48.5 Å². The highest BCUT2D eigenvalue weighted by Gasteiger charge is 2.09. The summed E-state index contributed by atoms with van der Waals surface area (Å²) in [6, 6.07) is 16.0. The van der Waals surface area contributed by atoms with Crippen LogP contribution in [0.4, 0.5) is 0 Å². The topological polar surface area (TPSA) is 30.9 Å². The van der Waals surface area contributed by atoms with Gasteiger partial charge in [0, 0.05) is 13.1 Å². The molecule has 2 aromatic rings. The first-order valence-corrected chi connectivity index (χ1v) is 8.54. The van der Waals surface area contributed by atoms with Crippen molar-refractivity contribution in [2.24, 2.45) is 0 Å². The molecule has 0 spiro atoms. The Morgan fingerprint density at radius 2 is 1.46 bits per heavy atom. The third-order valence-corrected chi connectivity index (χ3v) is 4.26. The van der Waals surface area contributed by atoms with Crippen molar-refractivity contribution < 1.29 is 14.2 Å². The van der Waals surface area contributed by atoms with E-state index in [1.54, 1.807) is 7.11 Å². The maximum Gasteiger partial charge on any atom is 0.127 e. The first-order chi connectivity index (χ1) is 11.8. The van der Waals surface area contributed by atoms with Gasteiger partial charge in [-0.3, -0.25) is 4.90 Å². The number of nitrogens with zero attached hydrogens (tertiary/aromatic N) is 1. The molecule has 4 nitrogen and oxygen atoms in total. The minimum Gasteiger partial charge on any atom is -0.497 e. The fourth-order valence-electron chi connectivity index (χ4n) is 2.84. The number of methoxy groups -OCH3 is 1. The molecule has 1 aliphatic heterocycles. The Hall–Kier alpha value is -2.04. The third-order valence-electron chi connectivity index (χ3n) is 4.26. The number of rotatable bonds is 7. The molecule has 4 heteroatoms. The first-order valence-electron chi connectivity index (χ1n) is 8.54. The van der Waals surface area contributed by atoms with Crippen LogP contribution in [0, 0.1) is 0 Å². The van der Waals surface area contributed by atoms with Crippen LogP contribution in [0.25, 0.3) is 0 Å². The van der Waals surface area contributed by atoms with E-state index in [1.807, 2.05) is 36.4 Å². The maximum atomic E-state index is 5.85. The molecule has 24 heavy (non-hydrogen) atoms. The Morgan fingerprint density at radius 3 is 2.08 bits per heavy atom. The summed E-state index contributed by atoms with van der Waals surface area (Å²) in [5.41, 5.74) is 1.35. The molecule has 0 aromatic heterocycles. The molecule has 0 amide bonds. The molecule has 1 saturated heterocycles. The monoisotopic (exact) mass is 327 g/mol. The largest absolute Gasteiger partial charge is 0.497 e. The zero-order valence-corrected chi connectivity index (χ0v) is 14.2. The lowest BCUT2D eigenvalue weighted by molar-refractivity contribution is 0.0374. The maximum absolute atomic E-state index is 5.85. The number of aryl methyl sites for hydroxylation is 1. The number of hydrogen-bond acceptors (Lipinski definition) is 4. The second-order valence-electron chi connectivity index (χ2n) is 5.98. The molecule has 0 saturated carbocycles. The lowest BCUT2D eigenvalue weighted by Gasteiger charge is -2.26. The molecule has 0 atom stereocenters. The van der Waals surface area contributed by atoms with Crippen LogP contribution in [-0.2, 0) is 11.2 Å². The minimum atomic E-state index is 0.816. The summed E-state index contributed by atoms with van der Waals surface area (Å²) in [5.74, 6) is 2.51. The molecule has 0 bridgehead atoms. The van der Waals surface area contributed by atoms with E-state index in [0.717, 1.165) is 56.5 Å². The normalized spacial score (nSPS) is 15.2. The standard InChI is InChI=1S/C20H25NO3/c1-22-18-8-10-20(11-9-18)24-19-6-4-17(5-7-19)3-2-12-21-13-15-23-16-14-21/h4-11H,2-3,12-16H2,1H3. The number of benzene rings is 2. The van der Waals surface area contributed by atoms with Gasteiger partial charge in [0.2, 0.25) is 0 Å². The van der Waals surface area contributed by atoms with Gasteiger partial charge in [0.25, 0.3) is 0 Å². The van der Waals surface area contributed by atoms with Crippen molar-refractivity contribution in [1.82, 2.24) is 4.90 Å². The Bertz CT molecular complexity index is 604. The molecule has 1 heterocycles. The summed E-state index contributed by atoms with van der Waals surface area (Å²) in [4.78, 5) is 2.48. The average molecular weight is 327 g/mol. The fourth-order valence-corrected chi connectivity index (χ4v) is 2.84. The van der Waals surface area contributed by atoms with Gasteiger partial charge in [-0.25, -0.2) is 0 Å². The average Bonchev–Trinajstić information content (AvgIpc) is 2.65. The van der Waals surface area contributed by atoms with E-state index in [2.05, 4.69) is 17.0 Å². The Labute approximate surface area is 144 Å². The highest BCUT2D eigenvalue weighted by Crippen LogP contribution is 2.24. The van der Waals surface area contributed by atoms with Crippen molar-refractivity contribution in [2.45, 2.75) is 12.8 Å². The predicted molar refractivity (Wildman–Crippen MR) is 95.1 cm³/mol. The van der Waals surface area contributed by atoms with Crippen LogP contribution >= 0.6 is 0 Å². The van der Waals surface area contributed by atoms with Crippen LogP contribution in [-0.4, -0.2) is 44.9 Å². The molecule has 3 rings (SSSR count). The van der Waals surface area contributed by atoms with Crippen LogP contribution < -0.4 is 9.47 Å². The van der Waals surface area contributed by atoms with E-state index in [-0.39, 0.29) is 0 Å². The van der Waals surface area contributed by atoms with Crippen molar-refractivity contribution in [3.05, 3.63) is 54.1 Å². The van der Waals surface area contributed by atoms with Gasteiger partial charge in [0.15, 0.2) is 0 Å². The van der Waals surface area contributed by atoms with Gasteiger partial charge in [0.05, 0.1) is 20.3 Å². The zero-order chi connectivity index (χ0) is 16.6. The molecular formula is C20H25NO3. The van der Waals surface area contributed by atoms with Crippen molar-refractivity contribution in [2.75, 3.05) is 40.0 Å².